The summed E-state index contributed by atoms with van der Waals surface area (Å²) in [7, 11) is 3.13. The summed E-state index contributed by atoms with van der Waals surface area (Å²) in [4.78, 5) is 14.6. The van der Waals surface area contributed by atoms with Crippen LogP contribution in [-0.4, -0.2) is 38.2 Å². The van der Waals surface area contributed by atoms with E-state index in [1.807, 2.05) is 30.3 Å². The molecule has 2 aromatic rings. The zero-order chi connectivity index (χ0) is 16.2. The van der Waals surface area contributed by atoms with E-state index in [-0.39, 0.29) is 12.1 Å². The normalized spacial score (nSPS) is 17.1. The van der Waals surface area contributed by atoms with Crippen molar-refractivity contribution in [1.82, 2.24) is 4.90 Å². The lowest BCUT2D eigenvalue weighted by molar-refractivity contribution is 0.0272. The first kappa shape index (κ1) is 15.4. The van der Waals surface area contributed by atoms with Gasteiger partial charge in [-0.3, -0.25) is 4.79 Å². The van der Waals surface area contributed by atoms with Crippen molar-refractivity contribution >= 4 is 5.91 Å². The third-order valence-electron chi connectivity index (χ3n) is 3.83. The molecule has 0 aliphatic carbocycles. The maximum absolute atomic E-state index is 12.9. The Kier molecular flexibility index (Phi) is 4.48. The molecule has 1 saturated heterocycles. The molecular weight excluding hydrogens is 294 g/mol. The Balaban J connectivity index is 1.90. The predicted octanol–water partition coefficient (Wildman–Crippen LogP) is 2.88. The molecule has 1 atom stereocenters. The monoisotopic (exact) mass is 313 g/mol. The molecule has 0 N–H and O–H groups in total. The molecule has 1 unspecified atom stereocenters. The van der Waals surface area contributed by atoms with Crippen LogP contribution in [0.15, 0.2) is 48.5 Å². The number of rotatable bonds is 4. The van der Waals surface area contributed by atoms with Crippen LogP contribution in [0.25, 0.3) is 0 Å². The van der Waals surface area contributed by atoms with E-state index in [0.29, 0.717) is 30.2 Å². The molecule has 1 heterocycles. The van der Waals surface area contributed by atoms with Gasteiger partial charge in [0.1, 0.15) is 11.5 Å². The second-order valence-corrected chi connectivity index (χ2v) is 5.23. The fraction of sp³-hybridized carbons (Fsp3) is 0.278. The van der Waals surface area contributed by atoms with Crippen molar-refractivity contribution in [1.29, 1.82) is 0 Å². The third-order valence-corrected chi connectivity index (χ3v) is 3.83. The standard InChI is InChI=1S/C18H19NO4/c1-21-15-10-14(11-16(12-15)22-2)17(20)19-8-9-23-18(19)13-6-4-3-5-7-13/h3-7,10-12,18H,8-9H2,1-2H3. The summed E-state index contributed by atoms with van der Waals surface area (Å²) >= 11 is 0. The average Bonchev–Trinajstić information content (AvgIpc) is 3.11. The van der Waals surface area contributed by atoms with Gasteiger partial charge >= 0.3 is 0 Å². The van der Waals surface area contributed by atoms with E-state index in [1.165, 1.54) is 0 Å². The summed E-state index contributed by atoms with van der Waals surface area (Å²) < 4.78 is 16.2. The Bertz CT molecular complexity index is 664. The van der Waals surface area contributed by atoms with Crippen LogP contribution in [0.2, 0.25) is 0 Å². The highest BCUT2D eigenvalue weighted by molar-refractivity contribution is 5.95. The number of hydrogen-bond acceptors (Lipinski definition) is 4. The van der Waals surface area contributed by atoms with Crippen molar-refractivity contribution in [3.8, 4) is 11.5 Å². The highest BCUT2D eigenvalue weighted by atomic mass is 16.5. The van der Waals surface area contributed by atoms with Gasteiger partial charge in [-0.25, -0.2) is 0 Å². The van der Waals surface area contributed by atoms with Gasteiger partial charge in [-0.15, -0.1) is 0 Å². The molecule has 120 valence electrons. The number of amides is 1. The topological polar surface area (TPSA) is 48.0 Å². The summed E-state index contributed by atoms with van der Waals surface area (Å²) in [5.41, 5.74) is 1.49. The highest BCUT2D eigenvalue weighted by Crippen LogP contribution is 2.30. The quantitative estimate of drug-likeness (QED) is 0.871. The van der Waals surface area contributed by atoms with E-state index >= 15 is 0 Å². The molecule has 0 bridgehead atoms. The van der Waals surface area contributed by atoms with Gasteiger partial charge in [0, 0.05) is 23.7 Å². The van der Waals surface area contributed by atoms with Crippen molar-refractivity contribution in [3.05, 3.63) is 59.7 Å². The smallest absolute Gasteiger partial charge is 0.256 e. The molecule has 0 aromatic heterocycles. The van der Waals surface area contributed by atoms with Crippen LogP contribution in [0.3, 0.4) is 0 Å². The average molecular weight is 313 g/mol. The number of ether oxygens (including phenoxy) is 3. The lowest BCUT2D eigenvalue weighted by atomic mass is 10.1. The minimum atomic E-state index is -0.360. The van der Waals surface area contributed by atoms with E-state index in [1.54, 1.807) is 37.3 Å². The maximum atomic E-state index is 12.9. The first-order valence-corrected chi connectivity index (χ1v) is 7.43. The molecule has 1 fully saturated rings. The van der Waals surface area contributed by atoms with Crippen LogP contribution in [-0.2, 0) is 4.74 Å². The SMILES string of the molecule is COc1cc(OC)cc(C(=O)N2CCOC2c2ccccc2)c1. The summed E-state index contributed by atoms with van der Waals surface area (Å²) in [6.45, 7) is 1.07. The number of nitrogens with zero attached hydrogens (tertiary/aromatic N) is 1. The molecule has 5 heteroatoms. The van der Waals surface area contributed by atoms with Crippen LogP contribution in [0, 0.1) is 0 Å². The van der Waals surface area contributed by atoms with Crippen molar-refractivity contribution in [3.63, 3.8) is 0 Å². The number of methoxy groups -OCH3 is 2. The minimum Gasteiger partial charge on any atom is -0.497 e. The molecule has 2 aromatic carbocycles. The largest absolute Gasteiger partial charge is 0.497 e. The molecule has 0 radical (unpaired) electrons. The molecule has 5 nitrogen and oxygen atoms in total. The van der Waals surface area contributed by atoms with Gasteiger partial charge in [0.05, 0.1) is 20.8 Å². The summed E-state index contributed by atoms with van der Waals surface area (Å²) in [6, 6.07) is 14.9. The summed E-state index contributed by atoms with van der Waals surface area (Å²) in [5.74, 6) is 1.07. The van der Waals surface area contributed by atoms with Gasteiger partial charge in [0.25, 0.3) is 5.91 Å². The molecular formula is C18H19NO4. The van der Waals surface area contributed by atoms with Gasteiger partial charge in [-0.2, -0.15) is 0 Å². The van der Waals surface area contributed by atoms with E-state index in [9.17, 15) is 4.79 Å². The molecule has 1 aliphatic heterocycles. The predicted molar refractivity (Wildman–Crippen MR) is 85.7 cm³/mol. The zero-order valence-corrected chi connectivity index (χ0v) is 13.2. The second-order valence-electron chi connectivity index (χ2n) is 5.23. The Morgan fingerprint density at radius 3 is 2.35 bits per heavy atom. The summed E-state index contributed by atoms with van der Waals surface area (Å²) in [6.07, 6.45) is -0.360. The van der Waals surface area contributed by atoms with Crippen molar-refractivity contribution in [2.75, 3.05) is 27.4 Å². The highest BCUT2D eigenvalue weighted by Gasteiger charge is 2.31. The first-order valence-electron chi connectivity index (χ1n) is 7.43. The summed E-state index contributed by atoms with van der Waals surface area (Å²) in [5, 5.41) is 0. The Morgan fingerprint density at radius 1 is 1.09 bits per heavy atom. The third kappa shape index (κ3) is 3.14. The second kappa shape index (κ2) is 6.71. The van der Waals surface area contributed by atoms with E-state index in [0.717, 1.165) is 5.56 Å². The minimum absolute atomic E-state index is 0.103. The Labute approximate surface area is 135 Å². The Morgan fingerprint density at radius 2 is 1.74 bits per heavy atom. The van der Waals surface area contributed by atoms with Gasteiger partial charge < -0.3 is 19.1 Å². The zero-order valence-electron chi connectivity index (χ0n) is 13.2. The van der Waals surface area contributed by atoms with Crippen LogP contribution in [0.1, 0.15) is 22.1 Å². The Hall–Kier alpha value is -2.53. The van der Waals surface area contributed by atoms with Gasteiger partial charge in [-0.1, -0.05) is 30.3 Å². The van der Waals surface area contributed by atoms with Crippen LogP contribution < -0.4 is 9.47 Å². The van der Waals surface area contributed by atoms with Gasteiger partial charge in [0.2, 0.25) is 0 Å². The lowest BCUT2D eigenvalue weighted by Crippen LogP contribution is -2.31. The van der Waals surface area contributed by atoms with Crippen molar-refractivity contribution in [2.45, 2.75) is 6.23 Å². The number of hydrogen-bond donors (Lipinski definition) is 0. The fourth-order valence-electron chi connectivity index (χ4n) is 2.67. The number of carbonyl (C=O) groups excluding carboxylic acids is 1. The van der Waals surface area contributed by atoms with Gasteiger partial charge in [-0.05, 0) is 12.1 Å². The van der Waals surface area contributed by atoms with Crippen LogP contribution in [0.4, 0.5) is 0 Å². The molecule has 0 saturated carbocycles. The number of benzene rings is 2. The van der Waals surface area contributed by atoms with Gasteiger partial charge in [0.15, 0.2) is 6.23 Å². The maximum Gasteiger partial charge on any atom is 0.256 e. The van der Waals surface area contributed by atoms with Crippen molar-refractivity contribution < 1.29 is 19.0 Å². The fourth-order valence-corrected chi connectivity index (χ4v) is 2.67. The van der Waals surface area contributed by atoms with Crippen LogP contribution in [0.5, 0.6) is 11.5 Å². The van der Waals surface area contributed by atoms with Crippen LogP contribution >= 0.6 is 0 Å². The molecule has 23 heavy (non-hydrogen) atoms. The van der Waals surface area contributed by atoms with E-state index in [4.69, 9.17) is 14.2 Å². The molecule has 1 amide bonds. The lowest BCUT2D eigenvalue weighted by Gasteiger charge is -2.23. The van der Waals surface area contributed by atoms with E-state index < -0.39 is 0 Å². The van der Waals surface area contributed by atoms with E-state index in [2.05, 4.69) is 0 Å². The molecule has 0 spiro atoms. The number of carbonyl (C=O) groups is 1. The molecule has 1 aliphatic rings. The first-order chi connectivity index (χ1) is 11.2. The van der Waals surface area contributed by atoms with Crippen molar-refractivity contribution in [2.24, 2.45) is 0 Å². The molecule has 3 rings (SSSR count).